The molecular weight excluding hydrogens is 364 g/mol. The van der Waals surface area contributed by atoms with Crippen molar-refractivity contribution in [1.82, 2.24) is 4.90 Å². The highest BCUT2D eigenvalue weighted by atomic mass is 32.2. The second-order valence-electron chi connectivity index (χ2n) is 6.85. The Labute approximate surface area is 158 Å². The second kappa shape index (κ2) is 6.81. The Balaban J connectivity index is 1.73. The van der Waals surface area contributed by atoms with Crippen molar-refractivity contribution in [2.45, 2.75) is 17.2 Å². The molecule has 2 aromatic carbocycles. The quantitative estimate of drug-likeness (QED) is 0.743. The minimum absolute atomic E-state index is 0.0854. The molecule has 27 heavy (non-hydrogen) atoms. The predicted octanol–water partition coefficient (Wildman–Crippen LogP) is 2.41. The molecule has 6 nitrogen and oxygen atoms in total. The zero-order chi connectivity index (χ0) is 19.0. The summed E-state index contributed by atoms with van der Waals surface area (Å²) < 4.78 is 33.8. The third kappa shape index (κ3) is 3.23. The SMILES string of the molecule is COC(=O)[C@@H]1C[C@H](c2ccccc2)CN(C2=NS(=O)(=O)c3ccccc32)C1. The van der Waals surface area contributed by atoms with Gasteiger partial charge in [0.05, 0.1) is 13.0 Å². The molecule has 2 heterocycles. The highest BCUT2D eigenvalue weighted by Gasteiger charge is 2.38. The molecule has 0 bridgehead atoms. The van der Waals surface area contributed by atoms with Gasteiger partial charge in [0, 0.05) is 24.6 Å². The smallest absolute Gasteiger partial charge is 0.310 e. The van der Waals surface area contributed by atoms with Crippen LogP contribution in [0.15, 0.2) is 63.9 Å². The van der Waals surface area contributed by atoms with E-state index in [1.807, 2.05) is 35.2 Å². The number of hydrogen-bond acceptors (Lipinski definition) is 5. The second-order valence-corrected chi connectivity index (χ2v) is 8.43. The zero-order valence-electron chi connectivity index (χ0n) is 14.9. The van der Waals surface area contributed by atoms with Gasteiger partial charge in [0.25, 0.3) is 10.0 Å². The lowest BCUT2D eigenvalue weighted by atomic mass is 9.84. The van der Waals surface area contributed by atoms with Crippen LogP contribution in [0.3, 0.4) is 0 Å². The van der Waals surface area contributed by atoms with Crippen molar-refractivity contribution in [3.63, 3.8) is 0 Å². The van der Waals surface area contributed by atoms with Crippen LogP contribution in [0, 0.1) is 5.92 Å². The van der Waals surface area contributed by atoms with E-state index in [4.69, 9.17) is 4.74 Å². The van der Waals surface area contributed by atoms with Crippen LogP contribution in [0.1, 0.15) is 23.5 Å². The average molecular weight is 384 g/mol. The van der Waals surface area contributed by atoms with Gasteiger partial charge < -0.3 is 9.64 Å². The van der Waals surface area contributed by atoms with Crippen molar-refractivity contribution in [3.05, 3.63) is 65.7 Å². The zero-order valence-corrected chi connectivity index (χ0v) is 15.7. The van der Waals surface area contributed by atoms with Gasteiger partial charge in [0.2, 0.25) is 0 Å². The number of methoxy groups -OCH3 is 1. The van der Waals surface area contributed by atoms with Crippen LogP contribution in [0.2, 0.25) is 0 Å². The fourth-order valence-corrected chi connectivity index (χ4v) is 5.12. The summed E-state index contributed by atoms with van der Waals surface area (Å²) in [5.74, 6) is -0.121. The molecule has 0 aliphatic carbocycles. The van der Waals surface area contributed by atoms with E-state index in [0.29, 0.717) is 30.9 Å². The summed E-state index contributed by atoms with van der Waals surface area (Å²) in [4.78, 5) is 14.4. The number of amidine groups is 1. The first-order valence-corrected chi connectivity index (χ1v) is 10.3. The van der Waals surface area contributed by atoms with Gasteiger partial charge in [0.15, 0.2) is 5.84 Å². The van der Waals surface area contributed by atoms with Crippen LogP contribution in [-0.2, 0) is 19.6 Å². The van der Waals surface area contributed by atoms with Gasteiger partial charge in [-0.3, -0.25) is 4.79 Å². The Morgan fingerprint density at radius 3 is 2.52 bits per heavy atom. The number of nitrogens with zero attached hydrogens (tertiary/aromatic N) is 2. The fourth-order valence-electron chi connectivity index (χ4n) is 3.89. The lowest BCUT2D eigenvalue weighted by Gasteiger charge is -2.38. The van der Waals surface area contributed by atoms with Gasteiger partial charge in [0.1, 0.15) is 4.90 Å². The number of piperidine rings is 1. The molecule has 0 aromatic heterocycles. The Hall–Kier alpha value is -2.67. The minimum Gasteiger partial charge on any atom is -0.469 e. The molecule has 0 saturated carbocycles. The van der Waals surface area contributed by atoms with Crippen molar-refractivity contribution in [2.75, 3.05) is 20.2 Å². The Morgan fingerprint density at radius 1 is 1.07 bits per heavy atom. The molecule has 1 fully saturated rings. The van der Waals surface area contributed by atoms with E-state index in [1.54, 1.807) is 24.3 Å². The minimum atomic E-state index is -3.70. The first-order chi connectivity index (χ1) is 13.0. The number of likely N-dealkylation sites (tertiary alicyclic amines) is 1. The van der Waals surface area contributed by atoms with E-state index in [0.717, 1.165) is 5.56 Å². The highest BCUT2D eigenvalue weighted by molar-refractivity contribution is 7.90. The molecule has 2 aliphatic heterocycles. The topological polar surface area (TPSA) is 76.0 Å². The first-order valence-electron chi connectivity index (χ1n) is 8.81. The number of benzene rings is 2. The van der Waals surface area contributed by atoms with Gasteiger partial charge in [-0.2, -0.15) is 8.42 Å². The lowest BCUT2D eigenvalue weighted by Crippen LogP contribution is -2.45. The molecule has 2 atom stereocenters. The number of carbonyl (C=O) groups excluding carboxylic acids is 1. The summed E-state index contributed by atoms with van der Waals surface area (Å²) in [7, 11) is -2.32. The number of carbonyl (C=O) groups is 1. The monoisotopic (exact) mass is 384 g/mol. The third-order valence-electron chi connectivity index (χ3n) is 5.17. The highest BCUT2D eigenvalue weighted by Crippen LogP contribution is 2.35. The van der Waals surface area contributed by atoms with Crippen LogP contribution >= 0.6 is 0 Å². The molecule has 2 aliphatic rings. The molecule has 1 saturated heterocycles. The number of rotatable bonds is 2. The van der Waals surface area contributed by atoms with Gasteiger partial charge in [-0.05, 0) is 24.1 Å². The lowest BCUT2D eigenvalue weighted by molar-refractivity contribution is -0.147. The molecule has 140 valence electrons. The van der Waals surface area contributed by atoms with Crippen LogP contribution in [0.4, 0.5) is 0 Å². The third-order valence-corrected chi connectivity index (χ3v) is 6.49. The Morgan fingerprint density at radius 2 is 1.78 bits per heavy atom. The summed E-state index contributed by atoms with van der Waals surface area (Å²) in [6.45, 7) is 0.985. The van der Waals surface area contributed by atoms with E-state index in [-0.39, 0.29) is 22.7 Å². The molecule has 0 radical (unpaired) electrons. The molecule has 0 unspecified atom stereocenters. The van der Waals surface area contributed by atoms with Crippen molar-refractivity contribution in [2.24, 2.45) is 10.3 Å². The summed E-state index contributed by atoms with van der Waals surface area (Å²) in [6.07, 6.45) is 0.662. The summed E-state index contributed by atoms with van der Waals surface area (Å²) in [6, 6.07) is 16.8. The predicted molar refractivity (Wildman–Crippen MR) is 101 cm³/mol. The van der Waals surface area contributed by atoms with Crippen molar-refractivity contribution in [1.29, 1.82) is 0 Å². The van der Waals surface area contributed by atoms with Gasteiger partial charge >= 0.3 is 5.97 Å². The van der Waals surface area contributed by atoms with Crippen LogP contribution < -0.4 is 0 Å². The van der Waals surface area contributed by atoms with E-state index in [9.17, 15) is 13.2 Å². The van der Waals surface area contributed by atoms with Crippen LogP contribution in [-0.4, -0.2) is 45.3 Å². The van der Waals surface area contributed by atoms with E-state index in [2.05, 4.69) is 4.40 Å². The van der Waals surface area contributed by atoms with Crippen LogP contribution in [0.25, 0.3) is 0 Å². The van der Waals surface area contributed by atoms with Gasteiger partial charge in [-0.25, -0.2) is 0 Å². The van der Waals surface area contributed by atoms with E-state index in [1.165, 1.54) is 7.11 Å². The summed E-state index contributed by atoms with van der Waals surface area (Å²) >= 11 is 0. The Bertz CT molecular complexity index is 1000. The normalized spacial score (nSPS) is 23.4. The number of esters is 1. The summed E-state index contributed by atoms with van der Waals surface area (Å²) in [5.41, 5.74) is 1.71. The number of sulfonamides is 1. The molecule has 0 amide bonds. The molecular formula is C20H20N2O4S. The number of ether oxygens (including phenoxy) is 1. The van der Waals surface area contributed by atoms with Crippen LogP contribution in [0.5, 0.6) is 0 Å². The molecule has 4 rings (SSSR count). The standard InChI is InChI=1S/C20H20N2O4S/c1-26-20(23)16-11-15(14-7-3-2-4-8-14)12-22(13-16)19-17-9-5-6-10-18(17)27(24,25)21-19/h2-10,15-16H,11-13H2,1H3/t15-,16+/m0/s1. The average Bonchev–Trinajstić information content (AvgIpc) is 2.99. The summed E-state index contributed by atoms with van der Waals surface area (Å²) in [5, 5.41) is 0. The van der Waals surface area contributed by atoms with Gasteiger partial charge in [-0.1, -0.05) is 42.5 Å². The molecule has 7 heteroatoms. The maximum Gasteiger partial charge on any atom is 0.310 e. The maximum atomic E-state index is 12.4. The van der Waals surface area contributed by atoms with Crippen molar-refractivity contribution < 1.29 is 17.9 Å². The largest absolute Gasteiger partial charge is 0.469 e. The number of hydrogen-bond donors (Lipinski definition) is 0. The maximum absolute atomic E-state index is 12.4. The van der Waals surface area contributed by atoms with E-state index < -0.39 is 10.0 Å². The van der Waals surface area contributed by atoms with Crippen molar-refractivity contribution in [3.8, 4) is 0 Å². The molecule has 2 aromatic rings. The first kappa shape index (κ1) is 17.7. The molecule has 0 spiro atoms. The van der Waals surface area contributed by atoms with Gasteiger partial charge in [-0.15, -0.1) is 4.40 Å². The van der Waals surface area contributed by atoms with E-state index >= 15 is 0 Å². The van der Waals surface area contributed by atoms with Crippen molar-refractivity contribution >= 4 is 21.8 Å². The molecule has 0 N–H and O–H groups in total. The number of fused-ring (bicyclic) bond motifs is 1. The fraction of sp³-hybridized carbons (Fsp3) is 0.300. The Kier molecular flexibility index (Phi) is 4.47.